The summed E-state index contributed by atoms with van der Waals surface area (Å²) in [6.07, 6.45) is 2.89. The molecular formula is C11H9ClN2O. The Morgan fingerprint density at radius 1 is 1.40 bits per heavy atom. The van der Waals surface area contributed by atoms with Crippen molar-refractivity contribution in [3.8, 4) is 0 Å². The summed E-state index contributed by atoms with van der Waals surface area (Å²) in [5.41, 5.74) is 2.35. The summed E-state index contributed by atoms with van der Waals surface area (Å²) < 4.78 is 0. The van der Waals surface area contributed by atoms with Gasteiger partial charge in [0.2, 0.25) is 0 Å². The quantitative estimate of drug-likeness (QED) is 0.808. The van der Waals surface area contributed by atoms with Crippen LogP contribution in [0.2, 0.25) is 5.02 Å². The molecule has 0 fully saturated rings. The number of carbonyl (C=O) groups is 1. The van der Waals surface area contributed by atoms with Crippen LogP contribution in [-0.2, 0) is 6.42 Å². The van der Waals surface area contributed by atoms with Gasteiger partial charge in [-0.15, -0.1) is 0 Å². The number of aromatic amines is 1. The second-order valence-electron chi connectivity index (χ2n) is 3.19. The maximum Gasteiger partial charge on any atom is 0.153 e. The van der Waals surface area contributed by atoms with Gasteiger partial charge in [0.05, 0.1) is 17.5 Å². The van der Waals surface area contributed by atoms with E-state index in [4.69, 9.17) is 11.6 Å². The number of halogens is 1. The minimum Gasteiger partial charge on any atom is -0.298 e. The van der Waals surface area contributed by atoms with E-state index in [1.54, 1.807) is 0 Å². The standard InChI is InChI=1S/C11H9ClN2O/c12-10-4-2-1-3-8(10)5-11-9(7-15)6-13-14-11/h1-4,6-7H,5H2,(H,13,14). The number of hydrogen-bond donors (Lipinski definition) is 1. The first-order chi connectivity index (χ1) is 7.31. The summed E-state index contributed by atoms with van der Waals surface area (Å²) in [5.74, 6) is 0. The first-order valence-corrected chi connectivity index (χ1v) is 4.90. The fraction of sp³-hybridized carbons (Fsp3) is 0.0909. The average Bonchev–Trinajstić information content (AvgIpc) is 2.69. The summed E-state index contributed by atoms with van der Waals surface area (Å²) in [4.78, 5) is 10.7. The van der Waals surface area contributed by atoms with Gasteiger partial charge in [-0.25, -0.2) is 0 Å². The van der Waals surface area contributed by atoms with E-state index in [0.29, 0.717) is 17.0 Å². The Morgan fingerprint density at radius 2 is 2.20 bits per heavy atom. The van der Waals surface area contributed by atoms with Crippen LogP contribution in [-0.4, -0.2) is 16.5 Å². The highest BCUT2D eigenvalue weighted by Gasteiger charge is 2.06. The summed E-state index contributed by atoms with van der Waals surface area (Å²) in [5, 5.41) is 7.31. The number of rotatable bonds is 3. The molecule has 0 aliphatic heterocycles. The van der Waals surface area contributed by atoms with Gasteiger partial charge >= 0.3 is 0 Å². The van der Waals surface area contributed by atoms with Crippen molar-refractivity contribution in [3.05, 3.63) is 52.3 Å². The van der Waals surface area contributed by atoms with E-state index in [2.05, 4.69) is 10.2 Å². The zero-order chi connectivity index (χ0) is 10.7. The second-order valence-corrected chi connectivity index (χ2v) is 3.60. The zero-order valence-corrected chi connectivity index (χ0v) is 8.66. The van der Waals surface area contributed by atoms with Crippen LogP contribution in [0.5, 0.6) is 0 Å². The van der Waals surface area contributed by atoms with Gasteiger partial charge in [0.25, 0.3) is 0 Å². The van der Waals surface area contributed by atoms with Crippen LogP contribution in [0, 0.1) is 0 Å². The molecule has 76 valence electrons. The van der Waals surface area contributed by atoms with Gasteiger partial charge in [-0.2, -0.15) is 5.10 Å². The monoisotopic (exact) mass is 220 g/mol. The van der Waals surface area contributed by atoms with Gasteiger partial charge in [-0.05, 0) is 11.6 Å². The molecule has 0 aliphatic carbocycles. The van der Waals surface area contributed by atoms with Crippen molar-refractivity contribution in [2.45, 2.75) is 6.42 Å². The molecular weight excluding hydrogens is 212 g/mol. The Labute approximate surface area is 92.1 Å². The molecule has 0 saturated heterocycles. The van der Waals surface area contributed by atoms with E-state index >= 15 is 0 Å². The number of carbonyl (C=O) groups excluding carboxylic acids is 1. The largest absolute Gasteiger partial charge is 0.298 e. The number of aromatic nitrogens is 2. The summed E-state index contributed by atoms with van der Waals surface area (Å²) in [6.45, 7) is 0. The van der Waals surface area contributed by atoms with Crippen molar-refractivity contribution in [2.24, 2.45) is 0 Å². The summed E-state index contributed by atoms with van der Waals surface area (Å²) in [6, 6.07) is 7.54. The fourth-order valence-electron chi connectivity index (χ4n) is 1.40. The highest BCUT2D eigenvalue weighted by atomic mass is 35.5. The average molecular weight is 221 g/mol. The predicted molar refractivity (Wildman–Crippen MR) is 58.2 cm³/mol. The van der Waals surface area contributed by atoms with E-state index in [0.717, 1.165) is 17.5 Å². The molecule has 0 atom stereocenters. The lowest BCUT2D eigenvalue weighted by Crippen LogP contribution is -1.93. The normalized spacial score (nSPS) is 10.2. The Hall–Kier alpha value is -1.61. The third-order valence-corrected chi connectivity index (χ3v) is 2.57. The summed E-state index contributed by atoms with van der Waals surface area (Å²) >= 11 is 6.01. The van der Waals surface area contributed by atoms with Crippen LogP contribution in [0.25, 0.3) is 0 Å². The van der Waals surface area contributed by atoms with E-state index < -0.39 is 0 Å². The molecule has 0 unspecified atom stereocenters. The molecule has 15 heavy (non-hydrogen) atoms. The van der Waals surface area contributed by atoms with Crippen LogP contribution < -0.4 is 0 Å². The Morgan fingerprint density at radius 3 is 2.93 bits per heavy atom. The molecule has 0 spiro atoms. The topological polar surface area (TPSA) is 45.8 Å². The minimum absolute atomic E-state index is 0.579. The van der Waals surface area contributed by atoms with Crippen LogP contribution in [0.15, 0.2) is 30.5 Å². The lowest BCUT2D eigenvalue weighted by molar-refractivity contribution is 0.112. The molecule has 0 amide bonds. The third kappa shape index (κ3) is 2.07. The number of nitrogens with zero attached hydrogens (tertiary/aromatic N) is 1. The minimum atomic E-state index is 0.579. The van der Waals surface area contributed by atoms with Gasteiger partial charge < -0.3 is 0 Å². The van der Waals surface area contributed by atoms with E-state index in [-0.39, 0.29) is 0 Å². The predicted octanol–water partition coefficient (Wildman–Crippen LogP) is 2.47. The van der Waals surface area contributed by atoms with Gasteiger partial charge in [-0.3, -0.25) is 9.89 Å². The smallest absolute Gasteiger partial charge is 0.153 e. The van der Waals surface area contributed by atoms with Crippen LogP contribution in [0.1, 0.15) is 21.6 Å². The van der Waals surface area contributed by atoms with Crippen molar-refractivity contribution >= 4 is 17.9 Å². The number of hydrogen-bond acceptors (Lipinski definition) is 2. The fourth-order valence-corrected chi connectivity index (χ4v) is 1.60. The Balaban J connectivity index is 2.29. The highest BCUT2D eigenvalue weighted by molar-refractivity contribution is 6.31. The lowest BCUT2D eigenvalue weighted by Gasteiger charge is -2.02. The molecule has 2 rings (SSSR count). The van der Waals surface area contributed by atoms with Crippen molar-refractivity contribution in [2.75, 3.05) is 0 Å². The third-order valence-electron chi connectivity index (χ3n) is 2.20. The maximum absolute atomic E-state index is 10.7. The molecule has 3 nitrogen and oxygen atoms in total. The van der Waals surface area contributed by atoms with E-state index in [1.807, 2.05) is 24.3 Å². The van der Waals surface area contributed by atoms with Crippen molar-refractivity contribution in [1.29, 1.82) is 0 Å². The maximum atomic E-state index is 10.7. The lowest BCUT2D eigenvalue weighted by atomic mass is 10.1. The molecule has 0 radical (unpaired) electrons. The Bertz CT molecular complexity index is 479. The number of aldehydes is 1. The number of benzene rings is 1. The second kappa shape index (κ2) is 4.28. The van der Waals surface area contributed by atoms with Crippen LogP contribution >= 0.6 is 11.6 Å². The molecule has 2 aromatic rings. The molecule has 0 bridgehead atoms. The van der Waals surface area contributed by atoms with Crippen molar-refractivity contribution < 1.29 is 4.79 Å². The first-order valence-electron chi connectivity index (χ1n) is 4.52. The molecule has 1 aromatic heterocycles. The molecule has 1 heterocycles. The highest BCUT2D eigenvalue weighted by Crippen LogP contribution is 2.18. The van der Waals surface area contributed by atoms with E-state index in [1.165, 1.54) is 6.20 Å². The first kappa shape index (κ1) is 9.93. The number of nitrogens with one attached hydrogen (secondary N) is 1. The van der Waals surface area contributed by atoms with Crippen molar-refractivity contribution in [3.63, 3.8) is 0 Å². The van der Waals surface area contributed by atoms with Crippen LogP contribution in [0.3, 0.4) is 0 Å². The molecule has 1 N–H and O–H groups in total. The summed E-state index contributed by atoms with van der Waals surface area (Å²) in [7, 11) is 0. The van der Waals surface area contributed by atoms with E-state index in [9.17, 15) is 4.79 Å². The van der Waals surface area contributed by atoms with Gasteiger partial charge in [0, 0.05) is 11.4 Å². The SMILES string of the molecule is O=Cc1cn[nH]c1Cc1ccccc1Cl. The Kier molecular flexibility index (Phi) is 2.83. The van der Waals surface area contributed by atoms with Crippen molar-refractivity contribution in [1.82, 2.24) is 10.2 Å². The van der Waals surface area contributed by atoms with Gasteiger partial charge in [0.15, 0.2) is 6.29 Å². The van der Waals surface area contributed by atoms with Crippen LogP contribution in [0.4, 0.5) is 0 Å². The number of H-pyrrole nitrogens is 1. The molecule has 1 aromatic carbocycles. The molecule has 4 heteroatoms. The molecule has 0 saturated carbocycles. The zero-order valence-electron chi connectivity index (χ0n) is 7.90. The van der Waals surface area contributed by atoms with Gasteiger partial charge in [-0.1, -0.05) is 29.8 Å². The van der Waals surface area contributed by atoms with Gasteiger partial charge in [0.1, 0.15) is 0 Å². The molecule has 0 aliphatic rings.